The molecule has 1 atom stereocenters. The van der Waals surface area contributed by atoms with E-state index in [-0.39, 0.29) is 0 Å². The molecule has 1 saturated heterocycles. The number of rotatable bonds is 8. The Morgan fingerprint density at radius 2 is 2.29 bits per heavy atom. The lowest BCUT2D eigenvalue weighted by molar-refractivity contribution is 0.176. The first-order valence-electron chi connectivity index (χ1n) is 8.74. The van der Waals surface area contributed by atoms with Gasteiger partial charge in [0.2, 0.25) is 5.89 Å². The summed E-state index contributed by atoms with van der Waals surface area (Å²) < 4.78 is 6.95. The molecule has 132 valence electrons. The number of likely N-dealkylation sites (tertiary alicyclic amines) is 1. The van der Waals surface area contributed by atoms with Crippen LogP contribution in [0.2, 0.25) is 0 Å². The fourth-order valence-corrected chi connectivity index (χ4v) is 3.04. The Morgan fingerprint density at radius 1 is 1.38 bits per heavy atom. The lowest BCUT2D eigenvalue weighted by atomic mass is 10.1. The number of hydrogen-bond donors (Lipinski definition) is 1. The van der Waals surface area contributed by atoms with E-state index in [1.54, 1.807) is 0 Å². The van der Waals surface area contributed by atoms with Crippen molar-refractivity contribution < 1.29 is 4.52 Å². The Kier molecular flexibility index (Phi) is 5.86. The average molecular weight is 334 g/mol. The number of piperidine rings is 1. The quantitative estimate of drug-likeness (QED) is 0.761. The van der Waals surface area contributed by atoms with E-state index in [4.69, 9.17) is 4.52 Å². The predicted octanol–water partition coefficient (Wildman–Crippen LogP) is 0.919. The lowest BCUT2D eigenvalue weighted by Gasteiger charge is -2.32. The molecule has 1 aliphatic rings. The number of aryl methyl sites for hydroxylation is 2. The van der Waals surface area contributed by atoms with E-state index in [9.17, 15) is 0 Å². The van der Waals surface area contributed by atoms with Crippen LogP contribution in [0.5, 0.6) is 0 Å². The van der Waals surface area contributed by atoms with Gasteiger partial charge in [0.1, 0.15) is 0 Å². The van der Waals surface area contributed by atoms with E-state index < -0.39 is 0 Å². The minimum Gasteiger partial charge on any atom is -0.340 e. The molecule has 1 aliphatic heterocycles. The third-order valence-electron chi connectivity index (χ3n) is 4.32. The van der Waals surface area contributed by atoms with Crippen molar-refractivity contribution in [3.63, 3.8) is 0 Å². The van der Waals surface area contributed by atoms with E-state index in [0.29, 0.717) is 18.5 Å². The maximum atomic E-state index is 5.05. The normalized spacial score (nSPS) is 19.0. The fourth-order valence-electron chi connectivity index (χ4n) is 3.04. The number of nitrogens with zero attached hydrogens (tertiary/aromatic N) is 7. The van der Waals surface area contributed by atoms with Gasteiger partial charge in [-0.15, -0.1) is 5.10 Å². The highest BCUT2D eigenvalue weighted by atomic mass is 16.5. The number of tetrazole rings is 1. The molecule has 0 amide bonds. The fraction of sp³-hybridized carbons (Fsp3) is 0.800. The monoisotopic (exact) mass is 334 g/mol. The summed E-state index contributed by atoms with van der Waals surface area (Å²) in [6.45, 7) is 8.36. The zero-order valence-corrected chi connectivity index (χ0v) is 14.5. The van der Waals surface area contributed by atoms with Gasteiger partial charge in [0.05, 0.1) is 13.1 Å². The molecular weight excluding hydrogens is 308 g/mol. The van der Waals surface area contributed by atoms with Crippen molar-refractivity contribution in [3.8, 4) is 0 Å². The zero-order chi connectivity index (χ0) is 16.8. The first-order chi connectivity index (χ1) is 11.7. The van der Waals surface area contributed by atoms with Crippen LogP contribution < -0.4 is 5.32 Å². The second kappa shape index (κ2) is 8.29. The van der Waals surface area contributed by atoms with Gasteiger partial charge in [0, 0.05) is 26.1 Å². The standard InChI is InChI=1S/C15H26N8O/c1-3-4-8-23-15(18-20-21-23)9-16-13-6-5-7-22(10-13)11-14-17-12(2)24-19-14/h13,16H,3-11H2,1-2H3. The maximum Gasteiger partial charge on any atom is 0.223 e. The van der Waals surface area contributed by atoms with Crippen molar-refractivity contribution in [2.24, 2.45) is 0 Å². The van der Waals surface area contributed by atoms with Gasteiger partial charge < -0.3 is 9.84 Å². The van der Waals surface area contributed by atoms with Crippen molar-refractivity contribution in [1.82, 2.24) is 40.6 Å². The van der Waals surface area contributed by atoms with E-state index in [0.717, 1.165) is 63.5 Å². The highest BCUT2D eigenvalue weighted by molar-refractivity contribution is 4.88. The largest absolute Gasteiger partial charge is 0.340 e. The molecule has 3 rings (SSSR count). The molecule has 0 radical (unpaired) electrons. The van der Waals surface area contributed by atoms with Crippen LogP contribution in [-0.2, 0) is 19.6 Å². The summed E-state index contributed by atoms with van der Waals surface area (Å²) in [6, 6.07) is 0.433. The van der Waals surface area contributed by atoms with Gasteiger partial charge in [-0.05, 0) is 36.2 Å². The molecule has 2 aromatic rings. The molecule has 1 fully saturated rings. The second-order valence-electron chi connectivity index (χ2n) is 6.36. The number of unbranched alkanes of at least 4 members (excludes halogenated alkanes) is 1. The molecule has 0 aromatic carbocycles. The highest BCUT2D eigenvalue weighted by Gasteiger charge is 2.21. The summed E-state index contributed by atoms with van der Waals surface area (Å²) >= 11 is 0. The molecule has 2 aromatic heterocycles. The summed E-state index contributed by atoms with van der Waals surface area (Å²) in [5.74, 6) is 2.29. The summed E-state index contributed by atoms with van der Waals surface area (Å²) in [7, 11) is 0. The summed E-state index contributed by atoms with van der Waals surface area (Å²) in [5.41, 5.74) is 0. The van der Waals surface area contributed by atoms with Gasteiger partial charge in [-0.25, -0.2) is 4.68 Å². The van der Waals surface area contributed by atoms with E-state index in [2.05, 4.69) is 42.8 Å². The van der Waals surface area contributed by atoms with Crippen LogP contribution in [0.3, 0.4) is 0 Å². The minimum absolute atomic E-state index is 0.433. The molecule has 0 saturated carbocycles. The van der Waals surface area contributed by atoms with Crippen molar-refractivity contribution in [1.29, 1.82) is 0 Å². The van der Waals surface area contributed by atoms with Gasteiger partial charge in [-0.2, -0.15) is 4.98 Å². The van der Waals surface area contributed by atoms with Crippen LogP contribution in [-0.4, -0.2) is 54.4 Å². The van der Waals surface area contributed by atoms with Gasteiger partial charge in [0.15, 0.2) is 11.6 Å². The third-order valence-corrected chi connectivity index (χ3v) is 4.32. The summed E-state index contributed by atoms with van der Waals surface area (Å²) in [4.78, 5) is 6.65. The Bertz CT molecular complexity index is 625. The Balaban J connectivity index is 1.48. The Morgan fingerprint density at radius 3 is 3.08 bits per heavy atom. The molecule has 3 heterocycles. The van der Waals surface area contributed by atoms with E-state index in [1.807, 2.05) is 11.6 Å². The predicted molar refractivity (Wildman–Crippen MR) is 86.9 cm³/mol. The van der Waals surface area contributed by atoms with Crippen LogP contribution in [0, 0.1) is 6.92 Å². The molecular formula is C15H26N8O. The number of aromatic nitrogens is 6. The highest BCUT2D eigenvalue weighted by Crippen LogP contribution is 2.13. The van der Waals surface area contributed by atoms with E-state index >= 15 is 0 Å². The van der Waals surface area contributed by atoms with E-state index in [1.165, 1.54) is 0 Å². The first-order valence-corrected chi connectivity index (χ1v) is 8.74. The van der Waals surface area contributed by atoms with Crippen molar-refractivity contribution >= 4 is 0 Å². The molecule has 0 bridgehead atoms. The second-order valence-corrected chi connectivity index (χ2v) is 6.36. The van der Waals surface area contributed by atoms with Crippen LogP contribution in [0.25, 0.3) is 0 Å². The zero-order valence-electron chi connectivity index (χ0n) is 14.5. The molecule has 9 nitrogen and oxygen atoms in total. The van der Waals surface area contributed by atoms with Crippen LogP contribution in [0.15, 0.2) is 4.52 Å². The van der Waals surface area contributed by atoms with Gasteiger partial charge in [-0.1, -0.05) is 18.5 Å². The van der Waals surface area contributed by atoms with Crippen LogP contribution in [0.1, 0.15) is 50.1 Å². The molecule has 0 spiro atoms. The molecule has 24 heavy (non-hydrogen) atoms. The van der Waals surface area contributed by atoms with Gasteiger partial charge in [0.25, 0.3) is 0 Å². The minimum atomic E-state index is 0.433. The van der Waals surface area contributed by atoms with Gasteiger partial charge >= 0.3 is 0 Å². The molecule has 0 aliphatic carbocycles. The SMILES string of the molecule is CCCCn1nnnc1CNC1CCCN(Cc2noc(C)n2)C1. The molecule has 1 unspecified atom stereocenters. The van der Waals surface area contributed by atoms with Crippen molar-refractivity contribution in [3.05, 3.63) is 17.5 Å². The topological polar surface area (TPSA) is 97.8 Å². The van der Waals surface area contributed by atoms with Crippen LogP contribution in [0.4, 0.5) is 0 Å². The summed E-state index contributed by atoms with van der Waals surface area (Å²) in [6.07, 6.45) is 4.56. The average Bonchev–Trinajstić information content (AvgIpc) is 3.20. The Labute approximate surface area is 141 Å². The van der Waals surface area contributed by atoms with Gasteiger partial charge in [-0.3, -0.25) is 4.90 Å². The third kappa shape index (κ3) is 4.57. The number of nitrogens with one attached hydrogen (secondary N) is 1. The number of hydrogen-bond acceptors (Lipinski definition) is 8. The lowest BCUT2D eigenvalue weighted by Crippen LogP contribution is -2.45. The maximum absolute atomic E-state index is 5.05. The van der Waals surface area contributed by atoms with Crippen molar-refractivity contribution in [2.45, 2.75) is 65.2 Å². The smallest absolute Gasteiger partial charge is 0.223 e. The molecule has 1 N–H and O–H groups in total. The molecule has 9 heteroatoms. The summed E-state index contributed by atoms with van der Waals surface area (Å²) in [5, 5.41) is 19.6. The first kappa shape index (κ1) is 17.0. The Hall–Kier alpha value is -1.87. The van der Waals surface area contributed by atoms with Crippen molar-refractivity contribution in [2.75, 3.05) is 13.1 Å². The van der Waals surface area contributed by atoms with Crippen LogP contribution >= 0.6 is 0 Å².